The second kappa shape index (κ2) is 6.11. The van der Waals surface area contributed by atoms with Gasteiger partial charge < -0.3 is 9.47 Å². The highest BCUT2D eigenvalue weighted by molar-refractivity contribution is 6.34. The number of halogens is 1. The zero-order chi connectivity index (χ0) is 13.8. The predicted octanol–water partition coefficient (Wildman–Crippen LogP) is 3.45. The monoisotopic (exact) mass is 280 g/mol. The molecule has 1 aromatic rings. The van der Waals surface area contributed by atoms with E-state index >= 15 is 0 Å². The Hall–Kier alpha value is -1.48. The molecular weight excluding hydrogens is 264 g/mol. The lowest BCUT2D eigenvalue weighted by Crippen LogP contribution is -2.21. The van der Waals surface area contributed by atoms with Crippen LogP contribution in [0.15, 0.2) is 23.8 Å². The Kier molecular flexibility index (Phi) is 4.48. The minimum atomic E-state index is -0.402. The van der Waals surface area contributed by atoms with Crippen LogP contribution in [0.1, 0.15) is 24.8 Å². The minimum Gasteiger partial charge on any atom is -0.496 e. The van der Waals surface area contributed by atoms with E-state index in [1.807, 2.05) is 24.3 Å². The maximum atomic E-state index is 12.0. The van der Waals surface area contributed by atoms with E-state index in [4.69, 9.17) is 21.1 Å². The molecule has 0 aliphatic heterocycles. The van der Waals surface area contributed by atoms with Gasteiger partial charge in [-0.1, -0.05) is 6.07 Å². The smallest absolute Gasteiger partial charge is 0.176 e. The van der Waals surface area contributed by atoms with E-state index in [1.165, 1.54) is 0 Å². The summed E-state index contributed by atoms with van der Waals surface area (Å²) in [6, 6.07) is 5.55. The summed E-state index contributed by atoms with van der Waals surface area (Å²) in [6.07, 6.45) is 4.28. The van der Waals surface area contributed by atoms with Gasteiger partial charge in [0.05, 0.1) is 25.2 Å². The van der Waals surface area contributed by atoms with E-state index in [1.54, 1.807) is 14.2 Å². The first kappa shape index (κ1) is 13.9. The predicted molar refractivity (Wildman–Crippen MR) is 76.0 cm³/mol. The summed E-state index contributed by atoms with van der Waals surface area (Å²) in [4.78, 5) is 12.0. The molecule has 102 valence electrons. The van der Waals surface area contributed by atoms with E-state index in [9.17, 15) is 4.79 Å². The molecule has 0 aromatic heterocycles. The van der Waals surface area contributed by atoms with E-state index in [-0.39, 0.29) is 5.78 Å². The molecule has 1 aromatic carbocycles. The molecule has 1 aliphatic rings. The van der Waals surface area contributed by atoms with Crippen LogP contribution in [0.25, 0.3) is 6.08 Å². The van der Waals surface area contributed by atoms with Gasteiger partial charge in [0.15, 0.2) is 5.78 Å². The zero-order valence-corrected chi connectivity index (χ0v) is 11.9. The minimum absolute atomic E-state index is 0.0147. The third-order valence-electron chi connectivity index (χ3n) is 3.29. The van der Waals surface area contributed by atoms with Crippen LogP contribution in [0, 0.1) is 0 Å². The summed E-state index contributed by atoms with van der Waals surface area (Å²) in [5.74, 6) is 1.40. The van der Waals surface area contributed by atoms with E-state index in [0.29, 0.717) is 11.5 Å². The lowest BCUT2D eigenvalue weighted by atomic mass is 9.91. The van der Waals surface area contributed by atoms with Crippen LogP contribution in [0.2, 0.25) is 0 Å². The largest absolute Gasteiger partial charge is 0.496 e. The summed E-state index contributed by atoms with van der Waals surface area (Å²) in [5.41, 5.74) is 1.54. The Labute approximate surface area is 118 Å². The van der Waals surface area contributed by atoms with Gasteiger partial charge in [-0.05, 0) is 43.0 Å². The van der Waals surface area contributed by atoms with Crippen molar-refractivity contribution in [2.45, 2.75) is 24.6 Å². The van der Waals surface area contributed by atoms with Gasteiger partial charge in [0.2, 0.25) is 0 Å². The number of allylic oxidation sites excluding steroid dienone is 1. The Morgan fingerprint density at radius 2 is 1.89 bits per heavy atom. The molecule has 1 aliphatic carbocycles. The van der Waals surface area contributed by atoms with E-state index in [0.717, 1.165) is 30.4 Å². The SMILES string of the molecule is COc1cccc(OC)c1C=C1CCCC(Cl)C1=O. The second-order valence-electron chi connectivity index (χ2n) is 4.47. The fourth-order valence-electron chi connectivity index (χ4n) is 2.27. The van der Waals surface area contributed by atoms with Crippen molar-refractivity contribution in [2.24, 2.45) is 0 Å². The third-order valence-corrected chi connectivity index (χ3v) is 3.71. The van der Waals surface area contributed by atoms with Gasteiger partial charge in [0, 0.05) is 0 Å². The Morgan fingerprint density at radius 3 is 2.47 bits per heavy atom. The van der Waals surface area contributed by atoms with Gasteiger partial charge in [0.25, 0.3) is 0 Å². The van der Waals surface area contributed by atoms with Crippen molar-refractivity contribution >= 4 is 23.5 Å². The number of alkyl halides is 1. The zero-order valence-electron chi connectivity index (χ0n) is 11.1. The van der Waals surface area contributed by atoms with Crippen LogP contribution in [-0.2, 0) is 4.79 Å². The first-order valence-electron chi connectivity index (χ1n) is 6.27. The number of hydrogen-bond donors (Lipinski definition) is 0. The molecule has 0 heterocycles. The van der Waals surface area contributed by atoms with Gasteiger partial charge in [-0.2, -0.15) is 0 Å². The molecule has 0 radical (unpaired) electrons. The molecule has 1 unspecified atom stereocenters. The van der Waals surface area contributed by atoms with Gasteiger partial charge in [-0.25, -0.2) is 0 Å². The first-order valence-corrected chi connectivity index (χ1v) is 6.71. The highest BCUT2D eigenvalue weighted by Crippen LogP contribution is 2.33. The van der Waals surface area contributed by atoms with Gasteiger partial charge >= 0.3 is 0 Å². The third kappa shape index (κ3) is 2.92. The number of rotatable bonds is 3. The molecule has 3 nitrogen and oxygen atoms in total. The van der Waals surface area contributed by atoms with Crippen molar-refractivity contribution in [3.05, 3.63) is 29.3 Å². The topological polar surface area (TPSA) is 35.5 Å². The van der Waals surface area contributed by atoms with Crippen LogP contribution in [-0.4, -0.2) is 25.4 Å². The molecular formula is C15H17ClO3. The lowest BCUT2D eigenvalue weighted by molar-refractivity contribution is -0.116. The quantitative estimate of drug-likeness (QED) is 0.628. The van der Waals surface area contributed by atoms with Gasteiger partial charge in [0.1, 0.15) is 11.5 Å². The fraction of sp³-hybridized carbons (Fsp3) is 0.400. The molecule has 1 saturated carbocycles. The van der Waals surface area contributed by atoms with Crippen molar-refractivity contribution in [2.75, 3.05) is 14.2 Å². The molecule has 1 fully saturated rings. The Bertz CT molecular complexity index is 486. The number of Topliss-reactive ketones (excluding diaryl/α,β-unsaturated/α-hetero) is 1. The van der Waals surface area contributed by atoms with Crippen molar-refractivity contribution in [3.8, 4) is 11.5 Å². The van der Waals surface area contributed by atoms with Crippen LogP contribution in [0.4, 0.5) is 0 Å². The van der Waals surface area contributed by atoms with Gasteiger partial charge in [-0.3, -0.25) is 4.79 Å². The molecule has 4 heteroatoms. The average molecular weight is 281 g/mol. The maximum absolute atomic E-state index is 12.0. The molecule has 0 bridgehead atoms. The van der Waals surface area contributed by atoms with Crippen molar-refractivity contribution in [1.82, 2.24) is 0 Å². The molecule has 0 amide bonds. The fourth-order valence-corrected chi connectivity index (χ4v) is 2.56. The van der Waals surface area contributed by atoms with Crippen LogP contribution in [0.5, 0.6) is 11.5 Å². The number of carbonyl (C=O) groups excluding carboxylic acids is 1. The molecule has 0 spiro atoms. The number of ether oxygens (including phenoxy) is 2. The molecule has 2 rings (SSSR count). The number of methoxy groups -OCH3 is 2. The highest BCUT2D eigenvalue weighted by Gasteiger charge is 2.25. The molecule has 0 saturated heterocycles. The maximum Gasteiger partial charge on any atom is 0.176 e. The van der Waals surface area contributed by atoms with Crippen molar-refractivity contribution in [3.63, 3.8) is 0 Å². The Balaban J connectivity index is 2.44. The number of hydrogen-bond acceptors (Lipinski definition) is 3. The standard InChI is InChI=1S/C15H17ClO3/c1-18-13-7-4-8-14(19-2)11(13)9-10-5-3-6-12(16)15(10)17/h4,7-9,12H,3,5-6H2,1-2H3. The molecule has 19 heavy (non-hydrogen) atoms. The normalized spacial score (nSPS) is 21.5. The first-order chi connectivity index (χ1) is 9.17. The summed E-state index contributed by atoms with van der Waals surface area (Å²) >= 11 is 6.02. The summed E-state index contributed by atoms with van der Waals surface area (Å²) in [7, 11) is 3.20. The van der Waals surface area contributed by atoms with Crippen molar-refractivity contribution in [1.29, 1.82) is 0 Å². The number of ketones is 1. The van der Waals surface area contributed by atoms with Crippen LogP contribution < -0.4 is 9.47 Å². The summed E-state index contributed by atoms with van der Waals surface area (Å²) in [5, 5.41) is -0.402. The number of benzene rings is 1. The van der Waals surface area contributed by atoms with Gasteiger partial charge in [-0.15, -0.1) is 11.6 Å². The summed E-state index contributed by atoms with van der Waals surface area (Å²) < 4.78 is 10.6. The Morgan fingerprint density at radius 1 is 1.26 bits per heavy atom. The highest BCUT2D eigenvalue weighted by atomic mass is 35.5. The van der Waals surface area contributed by atoms with Crippen LogP contribution in [0.3, 0.4) is 0 Å². The average Bonchev–Trinajstić information content (AvgIpc) is 2.44. The lowest BCUT2D eigenvalue weighted by Gasteiger charge is -2.18. The molecule has 1 atom stereocenters. The number of carbonyl (C=O) groups is 1. The van der Waals surface area contributed by atoms with Crippen LogP contribution >= 0.6 is 11.6 Å². The van der Waals surface area contributed by atoms with E-state index < -0.39 is 5.38 Å². The second-order valence-corrected chi connectivity index (χ2v) is 5.00. The van der Waals surface area contributed by atoms with E-state index in [2.05, 4.69) is 0 Å². The summed E-state index contributed by atoms with van der Waals surface area (Å²) in [6.45, 7) is 0. The molecule has 0 N–H and O–H groups in total. The van der Waals surface area contributed by atoms with Crippen molar-refractivity contribution < 1.29 is 14.3 Å².